The minimum Gasteiger partial charge on any atom is -0.411 e. The van der Waals surface area contributed by atoms with Crippen LogP contribution in [0.4, 0.5) is 4.39 Å². The van der Waals surface area contributed by atoms with Crippen molar-refractivity contribution in [1.29, 1.82) is 0 Å². The van der Waals surface area contributed by atoms with Crippen molar-refractivity contribution >= 4 is 21.6 Å². The van der Waals surface area contributed by atoms with E-state index in [1.54, 1.807) is 13.0 Å². The van der Waals surface area contributed by atoms with Crippen LogP contribution in [0.1, 0.15) is 40.3 Å². The Balaban J connectivity index is 2.06. The number of rotatable bonds is 5. The quantitative estimate of drug-likeness (QED) is 0.235. The van der Waals surface area contributed by atoms with Crippen molar-refractivity contribution in [2.24, 2.45) is 5.16 Å². The number of aryl methyl sites for hydroxylation is 2. The highest BCUT2D eigenvalue weighted by Gasteiger charge is 2.21. The number of hydrogen-bond acceptors (Lipinski definition) is 3. The molecule has 0 saturated carbocycles. The maximum atomic E-state index is 13.8. The molecule has 5 heteroatoms. The zero-order valence-electron chi connectivity index (χ0n) is 15.2. The van der Waals surface area contributed by atoms with Gasteiger partial charge >= 0.3 is 0 Å². The summed E-state index contributed by atoms with van der Waals surface area (Å²) in [6, 6.07) is 19.2. The Morgan fingerprint density at radius 2 is 1.89 bits per heavy atom. The highest BCUT2D eigenvalue weighted by Crippen LogP contribution is 2.33. The number of nitrogens with zero attached hydrogens (tertiary/aromatic N) is 2. The summed E-state index contributed by atoms with van der Waals surface area (Å²) in [5, 5.41) is 13.2. The zero-order valence-corrected chi connectivity index (χ0v) is 16.7. The van der Waals surface area contributed by atoms with Crippen LogP contribution in [0, 0.1) is 19.8 Å². The van der Waals surface area contributed by atoms with Gasteiger partial charge in [-0.25, -0.2) is 4.98 Å². The van der Waals surface area contributed by atoms with Gasteiger partial charge in [-0.15, -0.1) is 0 Å². The van der Waals surface area contributed by atoms with Gasteiger partial charge in [0.25, 0.3) is 0 Å². The Hall–Kier alpha value is -2.53. The van der Waals surface area contributed by atoms with Crippen LogP contribution in [-0.4, -0.2) is 15.9 Å². The molecule has 0 aliphatic carbocycles. The largest absolute Gasteiger partial charge is 0.411 e. The summed E-state index contributed by atoms with van der Waals surface area (Å²) in [6.45, 7) is 3.78. The molecule has 2 aromatic carbocycles. The predicted octanol–water partition coefficient (Wildman–Crippen LogP) is 6.00. The summed E-state index contributed by atoms with van der Waals surface area (Å²) in [4.78, 5) is 3.76. The fourth-order valence-electron chi connectivity index (χ4n) is 3.31. The Bertz CT molecular complexity index is 967. The van der Waals surface area contributed by atoms with E-state index >= 15 is 0 Å². The van der Waals surface area contributed by atoms with Crippen LogP contribution >= 0.6 is 15.9 Å². The SMILES string of the molecule is Cc1cc(/C(CC(c2cccc(Br)c2)c2ccccc2C)=N\O)cc(F)n1. The molecule has 0 fully saturated rings. The van der Waals surface area contributed by atoms with E-state index in [4.69, 9.17) is 0 Å². The summed E-state index contributed by atoms with van der Waals surface area (Å²) in [7, 11) is 0. The molecular weight excluding hydrogens is 407 g/mol. The molecule has 0 aliphatic heterocycles. The fourth-order valence-corrected chi connectivity index (χ4v) is 3.73. The monoisotopic (exact) mass is 426 g/mol. The molecule has 1 atom stereocenters. The third kappa shape index (κ3) is 4.61. The van der Waals surface area contributed by atoms with Gasteiger partial charge in [0.2, 0.25) is 5.95 Å². The van der Waals surface area contributed by atoms with Crippen molar-refractivity contribution < 1.29 is 9.60 Å². The molecule has 0 amide bonds. The number of aromatic nitrogens is 1. The Labute approximate surface area is 166 Å². The summed E-state index contributed by atoms with van der Waals surface area (Å²) in [6.07, 6.45) is 0.431. The molecule has 1 aromatic heterocycles. The molecule has 3 rings (SSSR count). The fraction of sp³-hybridized carbons (Fsp3) is 0.182. The van der Waals surface area contributed by atoms with E-state index in [0.29, 0.717) is 23.4 Å². The summed E-state index contributed by atoms with van der Waals surface area (Å²) >= 11 is 3.53. The molecule has 1 N–H and O–H groups in total. The van der Waals surface area contributed by atoms with E-state index in [9.17, 15) is 9.60 Å². The molecule has 27 heavy (non-hydrogen) atoms. The van der Waals surface area contributed by atoms with Gasteiger partial charge in [0.15, 0.2) is 0 Å². The lowest BCUT2D eigenvalue weighted by atomic mass is 9.83. The smallest absolute Gasteiger partial charge is 0.213 e. The highest BCUT2D eigenvalue weighted by atomic mass is 79.9. The van der Waals surface area contributed by atoms with E-state index < -0.39 is 5.95 Å². The summed E-state index contributed by atoms with van der Waals surface area (Å²) in [5.41, 5.74) is 4.88. The lowest BCUT2D eigenvalue weighted by Crippen LogP contribution is -2.12. The molecule has 3 nitrogen and oxygen atoms in total. The van der Waals surface area contributed by atoms with Crippen LogP contribution in [0.3, 0.4) is 0 Å². The van der Waals surface area contributed by atoms with E-state index in [-0.39, 0.29) is 5.92 Å². The van der Waals surface area contributed by atoms with E-state index in [1.165, 1.54) is 6.07 Å². The standard InChI is InChI=1S/C22H20BrFN2O/c1-14-6-3-4-9-19(14)20(16-7-5-8-18(23)11-16)13-21(26-27)17-10-15(2)25-22(24)12-17/h3-12,20,27H,13H2,1-2H3/b26-21-. The zero-order chi connectivity index (χ0) is 19.4. The molecule has 1 unspecified atom stereocenters. The first-order chi connectivity index (χ1) is 13.0. The van der Waals surface area contributed by atoms with E-state index in [1.807, 2.05) is 24.3 Å². The molecule has 138 valence electrons. The van der Waals surface area contributed by atoms with Crippen molar-refractivity contribution in [1.82, 2.24) is 4.98 Å². The second kappa shape index (κ2) is 8.44. The van der Waals surface area contributed by atoms with E-state index in [2.05, 4.69) is 57.3 Å². The van der Waals surface area contributed by atoms with Gasteiger partial charge < -0.3 is 5.21 Å². The van der Waals surface area contributed by atoms with Crippen molar-refractivity contribution in [3.05, 3.63) is 99.0 Å². The van der Waals surface area contributed by atoms with Crippen LogP contribution in [-0.2, 0) is 0 Å². The molecule has 0 radical (unpaired) electrons. The molecule has 0 spiro atoms. The minimum atomic E-state index is -0.582. The Morgan fingerprint density at radius 3 is 2.56 bits per heavy atom. The third-order valence-corrected chi connectivity index (χ3v) is 5.08. The van der Waals surface area contributed by atoms with Crippen molar-refractivity contribution in [3.8, 4) is 0 Å². The van der Waals surface area contributed by atoms with Gasteiger partial charge in [-0.05, 0) is 48.7 Å². The second-order valence-corrected chi connectivity index (χ2v) is 7.45. The lowest BCUT2D eigenvalue weighted by Gasteiger charge is -2.21. The van der Waals surface area contributed by atoms with Crippen LogP contribution in [0.25, 0.3) is 0 Å². The normalized spacial score (nSPS) is 12.8. The predicted molar refractivity (Wildman–Crippen MR) is 109 cm³/mol. The number of benzene rings is 2. The lowest BCUT2D eigenvalue weighted by molar-refractivity contribution is 0.317. The Morgan fingerprint density at radius 1 is 1.11 bits per heavy atom. The molecule has 3 aromatic rings. The first kappa shape index (κ1) is 19.2. The van der Waals surface area contributed by atoms with Gasteiger partial charge in [0.1, 0.15) is 0 Å². The summed E-state index contributed by atoms with van der Waals surface area (Å²) in [5.74, 6) is -0.618. The highest BCUT2D eigenvalue weighted by molar-refractivity contribution is 9.10. The maximum absolute atomic E-state index is 13.8. The first-order valence-electron chi connectivity index (χ1n) is 8.64. The van der Waals surface area contributed by atoms with Gasteiger partial charge in [-0.2, -0.15) is 4.39 Å². The topological polar surface area (TPSA) is 45.5 Å². The number of halogens is 2. The summed E-state index contributed by atoms with van der Waals surface area (Å²) < 4.78 is 14.7. The average molecular weight is 427 g/mol. The van der Waals surface area contributed by atoms with Gasteiger partial charge in [-0.1, -0.05) is 57.5 Å². The van der Waals surface area contributed by atoms with Gasteiger partial charge in [0.05, 0.1) is 5.71 Å². The second-order valence-electron chi connectivity index (χ2n) is 6.53. The number of hydrogen-bond donors (Lipinski definition) is 1. The van der Waals surface area contributed by atoms with Crippen LogP contribution < -0.4 is 0 Å². The van der Waals surface area contributed by atoms with Crippen molar-refractivity contribution in [3.63, 3.8) is 0 Å². The maximum Gasteiger partial charge on any atom is 0.213 e. The molecule has 0 saturated heterocycles. The Kier molecular flexibility index (Phi) is 6.01. The van der Waals surface area contributed by atoms with Crippen molar-refractivity contribution in [2.75, 3.05) is 0 Å². The first-order valence-corrected chi connectivity index (χ1v) is 9.43. The van der Waals surface area contributed by atoms with E-state index in [0.717, 1.165) is 21.2 Å². The molecule has 1 heterocycles. The van der Waals surface area contributed by atoms with Crippen LogP contribution in [0.2, 0.25) is 0 Å². The molecule has 0 aliphatic rings. The van der Waals surface area contributed by atoms with Gasteiger partial charge in [-0.3, -0.25) is 0 Å². The third-order valence-electron chi connectivity index (χ3n) is 4.59. The van der Waals surface area contributed by atoms with Crippen molar-refractivity contribution in [2.45, 2.75) is 26.2 Å². The number of oxime groups is 1. The minimum absolute atomic E-state index is 0.0360. The molecule has 0 bridgehead atoms. The van der Waals surface area contributed by atoms with Crippen LogP contribution in [0.5, 0.6) is 0 Å². The van der Waals surface area contributed by atoms with Crippen LogP contribution in [0.15, 0.2) is 70.3 Å². The average Bonchev–Trinajstić information content (AvgIpc) is 2.63. The van der Waals surface area contributed by atoms with Gasteiger partial charge in [0, 0.05) is 34.1 Å². The number of pyridine rings is 1. The molecular formula is C22H20BrFN2O.